The number of rotatable bonds is 3. The Morgan fingerprint density at radius 1 is 1.28 bits per heavy atom. The topological polar surface area (TPSA) is 81.1 Å². The molecule has 0 aliphatic rings. The maximum atomic E-state index is 11.8. The van der Waals surface area contributed by atoms with Crippen LogP contribution in [0.15, 0.2) is 35.4 Å². The van der Waals surface area contributed by atoms with Gasteiger partial charge in [0.2, 0.25) is 0 Å². The highest BCUT2D eigenvalue weighted by Crippen LogP contribution is 2.10. The van der Waals surface area contributed by atoms with Crippen molar-refractivity contribution in [1.82, 2.24) is 9.55 Å². The minimum Gasteiger partial charge on any atom is -0.392 e. The fraction of sp³-hybridized carbons (Fsp3) is 0.167. The van der Waals surface area contributed by atoms with Crippen molar-refractivity contribution in [1.29, 1.82) is 0 Å². The predicted octanol–water partition coefficient (Wildman–Crippen LogP) is 1.02. The first-order valence-electron chi connectivity index (χ1n) is 5.31. The van der Waals surface area contributed by atoms with Crippen molar-refractivity contribution in [2.75, 3.05) is 5.73 Å². The van der Waals surface area contributed by atoms with Crippen LogP contribution >= 0.6 is 11.6 Å². The maximum absolute atomic E-state index is 11.8. The Bertz CT molecular complexity index is 608. The van der Waals surface area contributed by atoms with Gasteiger partial charge in [-0.2, -0.15) is 0 Å². The van der Waals surface area contributed by atoms with Crippen molar-refractivity contribution in [2.45, 2.75) is 13.2 Å². The monoisotopic (exact) mass is 265 g/mol. The number of benzene rings is 1. The number of hydrogen-bond acceptors (Lipinski definition) is 4. The molecule has 0 fully saturated rings. The van der Waals surface area contributed by atoms with E-state index in [-0.39, 0.29) is 23.0 Å². The van der Waals surface area contributed by atoms with E-state index in [1.54, 1.807) is 12.1 Å². The van der Waals surface area contributed by atoms with E-state index in [1.165, 1.54) is 10.9 Å². The molecule has 0 atom stereocenters. The number of nitrogen functional groups attached to an aromatic ring is 1. The third kappa shape index (κ3) is 2.52. The van der Waals surface area contributed by atoms with Gasteiger partial charge in [-0.1, -0.05) is 35.9 Å². The molecule has 1 aromatic carbocycles. The number of anilines is 1. The van der Waals surface area contributed by atoms with Gasteiger partial charge < -0.3 is 10.8 Å². The molecule has 2 aromatic rings. The molecule has 0 amide bonds. The van der Waals surface area contributed by atoms with Crippen LogP contribution in [-0.4, -0.2) is 14.7 Å². The SMILES string of the molecule is Nc1c(Cl)ncn(Cc2ccc(CO)cc2)c1=O. The van der Waals surface area contributed by atoms with Crippen LogP contribution in [0.1, 0.15) is 11.1 Å². The van der Waals surface area contributed by atoms with Crippen molar-refractivity contribution in [2.24, 2.45) is 0 Å². The second kappa shape index (κ2) is 5.20. The second-order valence-corrected chi connectivity index (χ2v) is 4.21. The van der Waals surface area contributed by atoms with Crippen LogP contribution in [0.5, 0.6) is 0 Å². The number of halogens is 1. The van der Waals surface area contributed by atoms with Crippen LogP contribution in [0, 0.1) is 0 Å². The second-order valence-electron chi connectivity index (χ2n) is 3.86. The lowest BCUT2D eigenvalue weighted by Crippen LogP contribution is -2.24. The Kier molecular flexibility index (Phi) is 3.64. The highest BCUT2D eigenvalue weighted by molar-refractivity contribution is 6.31. The fourth-order valence-corrected chi connectivity index (χ4v) is 1.67. The summed E-state index contributed by atoms with van der Waals surface area (Å²) < 4.78 is 1.38. The highest BCUT2D eigenvalue weighted by atomic mass is 35.5. The average molecular weight is 266 g/mol. The molecule has 2 rings (SSSR count). The van der Waals surface area contributed by atoms with Gasteiger partial charge >= 0.3 is 0 Å². The lowest BCUT2D eigenvalue weighted by atomic mass is 10.1. The zero-order valence-corrected chi connectivity index (χ0v) is 10.3. The number of nitrogens with two attached hydrogens (primary N) is 1. The Hall–Kier alpha value is -1.85. The third-order valence-electron chi connectivity index (χ3n) is 2.58. The van der Waals surface area contributed by atoms with E-state index >= 15 is 0 Å². The van der Waals surface area contributed by atoms with Gasteiger partial charge in [0.05, 0.1) is 19.5 Å². The zero-order valence-electron chi connectivity index (χ0n) is 9.51. The van der Waals surface area contributed by atoms with E-state index in [0.29, 0.717) is 6.54 Å². The summed E-state index contributed by atoms with van der Waals surface area (Å²) in [5.74, 6) is 0. The van der Waals surface area contributed by atoms with Crippen LogP contribution in [0.2, 0.25) is 5.15 Å². The molecule has 0 aliphatic heterocycles. The van der Waals surface area contributed by atoms with Crippen LogP contribution in [0.25, 0.3) is 0 Å². The average Bonchev–Trinajstić information content (AvgIpc) is 2.40. The first kappa shape index (κ1) is 12.6. The highest BCUT2D eigenvalue weighted by Gasteiger charge is 2.06. The first-order valence-corrected chi connectivity index (χ1v) is 5.68. The number of nitrogens with zero attached hydrogens (tertiary/aromatic N) is 2. The Balaban J connectivity index is 2.28. The molecule has 6 heteroatoms. The fourth-order valence-electron chi connectivity index (χ4n) is 1.54. The Morgan fingerprint density at radius 3 is 2.50 bits per heavy atom. The summed E-state index contributed by atoms with van der Waals surface area (Å²) in [5, 5.41) is 8.95. The molecule has 18 heavy (non-hydrogen) atoms. The maximum Gasteiger partial charge on any atom is 0.278 e. The van der Waals surface area contributed by atoms with Gasteiger partial charge in [0, 0.05) is 0 Å². The standard InChI is InChI=1S/C12H12ClN3O2/c13-11-10(14)12(18)16(7-15-11)5-8-1-3-9(6-17)4-2-8/h1-4,7,17H,5-6,14H2. The minimum atomic E-state index is -0.360. The van der Waals surface area contributed by atoms with Gasteiger partial charge in [-0.05, 0) is 11.1 Å². The molecule has 0 saturated heterocycles. The molecule has 1 heterocycles. The van der Waals surface area contributed by atoms with Gasteiger partial charge in [-0.25, -0.2) is 4.98 Å². The van der Waals surface area contributed by atoms with Crippen LogP contribution in [0.3, 0.4) is 0 Å². The van der Waals surface area contributed by atoms with E-state index < -0.39 is 0 Å². The van der Waals surface area contributed by atoms with Crippen molar-refractivity contribution in [3.63, 3.8) is 0 Å². The molecular weight excluding hydrogens is 254 g/mol. The Labute approximate surface area is 108 Å². The lowest BCUT2D eigenvalue weighted by Gasteiger charge is -2.07. The van der Waals surface area contributed by atoms with Gasteiger partial charge in [-0.15, -0.1) is 0 Å². The normalized spacial score (nSPS) is 10.6. The molecule has 1 aromatic heterocycles. The summed E-state index contributed by atoms with van der Waals surface area (Å²) in [5.41, 5.74) is 6.85. The molecule has 5 nitrogen and oxygen atoms in total. The predicted molar refractivity (Wildman–Crippen MR) is 69.4 cm³/mol. The molecule has 0 aliphatic carbocycles. The number of hydrogen-bond donors (Lipinski definition) is 2. The summed E-state index contributed by atoms with van der Waals surface area (Å²) in [6.07, 6.45) is 1.36. The smallest absolute Gasteiger partial charge is 0.278 e. The van der Waals surface area contributed by atoms with Crippen molar-refractivity contribution in [3.8, 4) is 0 Å². The van der Waals surface area contributed by atoms with Crippen LogP contribution < -0.4 is 11.3 Å². The molecule has 0 bridgehead atoms. The quantitative estimate of drug-likeness (QED) is 0.812. The van der Waals surface area contributed by atoms with Gasteiger partial charge in [0.15, 0.2) is 5.15 Å². The third-order valence-corrected chi connectivity index (χ3v) is 2.88. The molecule has 0 spiro atoms. The van der Waals surface area contributed by atoms with E-state index in [1.807, 2.05) is 12.1 Å². The van der Waals surface area contributed by atoms with E-state index in [2.05, 4.69) is 4.98 Å². The van der Waals surface area contributed by atoms with Crippen molar-refractivity contribution in [3.05, 3.63) is 57.2 Å². The van der Waals surface area contributed by atoms with Crippen molar-refractivity contribution < 1.29 is 5.11 Å². The molecular formula is C12H12ClN3O2. The Morgan fingerprint density at radius 2 is 1.89 bits per heavy atom. The number of aliphatic hydroxyl groups is 1. The summed E-state index contributed by atoms with van der Waals surface area (Å²) >= 11 is 5.65. The van der Waals surface area contributed by atoms with E-state index in [9.17, 15) is 4.79 Å². The molecule has 0 unspecified atom stereocenters. The minimum absolute atomic E-state index is 0.00429. The number of aliphatic hydroxyl groups excluding tert-OH is 1. The number of aromatic nitrogens is 2. The summed E-state index contributed by atoms with van der Waals surface area (Å²) in [7, 11) is 0. The summed E-state index contributed by atoms with van der Waals surface area (Å²) in [4.78, 5) is 15.6. The van der Waals surface area contributed by atoms with E-state index in [4.69, 9.17) is 22.4 Å². The first-order chi connectivity index (χ1) is 8.61. The molecule has 0 saturated carbocycles. The summed E-state index contributed by atoms with van der Waals surface area (Å²) in [6.45, 7) is 0.356. The zero-order chi connectivity index (χ0) is 13.1. The molecule has 0 radical (unpaired) electrons. The van der Waals surface area contributed by atoms with Crippen LogP contribution in [-0.2, 0) is 13.2 Å². The van der Waals surface area contributed by atoms with Gasteiger partial charge in [0.1, 0.15) is 5.69 Å². The molecule has 3 N–H and O–H groups in total. The van der Waals surface area contributed by atoms with Gasteiger partial charge in [0.25, 0.3) is 5.56 Å². The largest absolute Gasteiger partial charge is 0.392 e. The van der Waals surface area contributed by atoms with Crippen molar-refractivity contribution >= 4 is 17.3 Å². The van der Waals surface area contributed by atoms with E-state index in [0.717, 1.165) is 11.1 Å². The summed E-state index contributed by atoms with van der Waals surface area (Å²) in [6, 6.07) is 7.27. The lowest BCUT2D eigenvalue weighted by molar-refractivity contribution is 0.282. The van der Waals surface area contributed by atoms with Crippen LogP contribution in [0.4, 0.5) is 5.69 Å². The molecule has 94 valence electrons. The van der Waals surface area contributed by atoms with Gasteiger partial charge in [-0.3, -0.25) is 9.36 Å².